The number of carbonyl (C=O) groups excluding carboxylic acids is 2. The Hall–Kier alpha value is -2.84. The SMILES string of the molecule is O=C(NSc1cccc(Oc2ccccn2)c1)NC(=O)c1cccs1. The summed E-state index contributed by atoms with van der Waals surface area (Å²) in [5.41, 5.74) is 0. The first kappa shape index (κ1) is 17.0. The van der Waals surface area contributed by atoms with Crippen LogP contribution in [0.25, 0.3) is 0 Å². The molecule has 0 saturated heterocycles. The number of rotatable bonds is 5. The number of nitrogens with one attached hydrogen (secondary N) is 2. The fraction of sp³-hybridized carbons (Fsp3) is 0. The summed E-state index contributed by atoms with van der Waals surface area (Å²) >= 11 is 2.35. The van der Waals surface area contributed by atoms with Gasteiger partial charge < -0.3 is 4.74 Å². The van der Waals surface area contributed by atoms with Crippen LogP contribution < -0.4 is 14.8 Å². The van der Waals surface area contributed by atoms with Crippen molar-refractivity contribution in [1.82, 2.24) is 15.0 Å². The number of hydrogen-bond acceptors (Lipinski definition) is 6. The minimum atomic E-state index is -0.584. The van der Waals surface area contributed by atoms with E-state index in [1.807, 2.05) is 12.1 Å². The summed E-state index contributed by atoms with van der Waals surface area (Å²) in [6.45, 7) is 0. The molecule has 8 heteroatoms. The Bertz CT molecular complexity index is 855. The summed E-state index contributed by atoms with van der Waals surface area (Å²) in [5, 5.41) is 4.04. The van der Waals surface area contributed by atoms with Crippen LogP contribution in [0, 0.1) is 0 Å². The Labute approximate surface area is 152 Å². The first-order chi connectivity index (χ1) is 12.2. The molecule has 2 N–H and O–H groups in total. The average molecular weight is 371 g/mol. The molecule has 2 aromatic heterocycles. The predicted octanol–water partition coefficient (Wildman–Crippen LogP) is 4.08. The van der Waals surface area contributed by atoms with Gasteiger partial charge in [0.05, 0.1) is 4.88 Å². The molecule has 0 radical (unpaired) electrons. The third kappa shape index (κ3) is 5.07. The molecule has 0 spiro atoms. The zero-order chi connectivity index (χ0) is 17.5. The Balaban J connectivity index is 1.53. The summed E-state index contributed by atoms with van der Waals surface area (Å²) < 4.78 is 8.20. The van der Waals surface area contributed by atoms with E-state index in [9.17, 15) is 9.59 Å². The Morgan fingerprint density at radius 2 is 2.00 bits per heavy atom. The molecule has 0 unspecified atom stereocenters. The lowest BCUT2D eigenvalue weighted by atomic mass is 10.3. The van der Waals surface area contributed by atoms with Gasteiger partial charge in [-0.1, -0.05) is 18.2 Å². The number of nitrogens with zero attached hydrogens (tertiary/aromatic N) is 1. The maximum absolute atomic E-state index is 11.8. The topological polar surface area (TPSA) is 80.3 Å². The maximum atomic E-state index is 11.8. The molecule has 3 rings (SSSR count). The lowest BCUT2D eigenvalue weighted by molar-refractivity contribution is 0.0969. The molecule has 3 amide bonds. The van der Waals surface area contributed by atoms with Gasteiger partial charge in [-0.3, -0.25) is 14.8 Å². The standard InChI is InChI=1S/C17H13N3O3S2/c21-16(14-7-4-10-24-14)19-17(22)20-25-13-6-3-5-12(11-13)23-15-8-1-2-9-18-15/h1-11H,(H2,19,20,21,22). The van der Waals surface area contributed by atoms with Crippen molar-refractivity contribution in [3.63, 3.8) is 0 Å². The van der Waals surface area contributed by atoms with Gasteiger partial charge in [-0.2, -0.15) is 0 Å². The minimum absolute atomic E-state index is 0.430. The summed E-state index contributed by atoms with van der Waals surface area (Å²) in [6, 6.07) is 15.4. The predicted molar refractivity (Wildman–Crippen MR) is 96.9 cm³/mol. The molecular weight excluding hydrogens is 358 g/mol. The summed E-state index contributed by atoms with van der Waals surface area (Å²) in [5.74, 6) is 0.651. The van der Waals surface area contributed by atoms with Crippen LogP contribution in [0.4, 0.5) is 4.79 Å². The van der Waals surface area contributed by atoms with Crippen molar-refractivity contribution in [2.24, 2.45) is 0 Å². The number of pyridine rings is 1. The zero-order valence-corrected chi connectivity index (χ0v) is 14.5. The smallest absolute Gasteiger partial charge is 0.331 e. The van der Waals surface area contributed by atoms with Gasteiger partial charge in [-0.25, -0.2) is 9.78 Å². The van der Waals surface area contributed by atoms with Crippen molar-refractivity contribution in [1.29, 1.82) is 0 Å². The van der Waals surface area contributed by atoms with Crippen LogP contribution in [0.1, 0.15) is 9.67 Å². The normalized spacial score (nSPS) is 10.1. The summed E-state index contributed by atoms with van der Waals surface area (Å²) in [6.07, 6.45) is 1.64. The molecule has 0 atom stereocenters. The van der Waals surface area contributed by atoms with E-state index in [2.05, 4.69) is 15.0 Å². The largest absolute Gasteiger partial charge is 0.439 e. The van der Waals surface area contributed by atoms with Gasteiger partial charge in [0.2, 0.25) is 5.88 Å². The molecule has 126 valence electrons. The molecule has 25 heavy (non-hydrogen) atoms. The number of imide groups is 1. The number of benzene rings is 1. The number of aromatic nitrogens is 1. The number of amides is 3. The number of hydrogen-bond donors (Lipinski definition) is 2. The third-order valence-corrected chi connectivity index (χ3v) is 4.55. The van der Waals surface area contributed by atoms with Crippen molar-refractivity contribution < 1.29 is 14.3 Å². The number of ether oxygens (including phenoxy) is 1. The molecule has 3 aromatic rings. The number of urea groups is 1. The van der Waals surface area contributed by atoms with Crippen LogP contribution in [0.15, 0.2) is 71.1 Å². The monoisotopic (exact) mass is 371 g/mol. The molecule has 0 fully saturated rings. The van der Waals surface area contributed by atoms with E-state index in [-0.39, 0.29) is 0 Å². The first-order valence-electron chi connectivity index (χ1n) is 7.21. The van der Waals surface area contributed by atoms with Crippen molar-refractivity contribution >= 4 is 35.2 Å². The van der Waals surface area contributed by atoms with E-state index in [4.69, 9.17) is 4.74 Å². The second kappa shape index (κ2) is 8.32. The second-order valence-electron chi connectivity index (χ2n) is 4.71. The van der Waals surface area contributed by atoms with E-state index < -0.39 is 11.9 Å². The van der Waals surface area contributed by atoms with Crippen LogP contribution in [-0.2, 0) is 0 Å². The summed E-state index contributed by atoms with van der Waals surface area (Å²) in [4.78, 5) is 28.9. The molecular formula is C17H13N3O3S2. The first-order valence-corrected chi connectivity index (χ1v) is 8.91. The van der Waals surface area contributed by atoms with Crippen molar-refractivity contribution in [2.45, 2.75) is 4.90 Å². The highest BCUT2D eigenvalue weighted by molar-refractivity contribution is 7.98. The Kier molecular flexibility index (Phi) is 5.65. The van der Waals surface area contributed by atoms with Crippen LogP contribution in [-0.4, -0.2) is 16.9 Å². The number of carbonyl (C=O) groups is 2. The van der Waals surface area contributed by atoms with Gasteiger partial charge >= 0.3 is 6.03 Å². The van der Waals surface area contributed by atoms with E-state index in [1.54, 1.807) is 54.0 Å². The van der Waals surface area contributed by atoms with Crippen LogP contribution in [0.3, 0.4) is 0 Å². The van der Waals surface area contributed by atoms with Gasteiger partial charge in [0.15, 0.2) is 0 Å². The van der Waals surface area contributed by atoms with Gasteiger partial charge in [0.25, 0.3) is 5.91 Å². The zero-order valence-electron chi connectivity index (χ0n) is 12.8. The second-order valence-corrected chi connectivity index (χ2v) is 6.54. The van der Waals surface area contributed by atoms with E-state index in [0.717, 1.165) is 16.8 Å². The molecule has 0 saturated carbocycles. The minimum Gasteiger partial charge on any atom is -0.439 e. The molecule has 0 aliphatic rings. The van der Waals surface area contributed by atoms with Crippen LogP contribution >= 0.6 is 23.3 Å². The fourth-order valence-corrected chi connectivity index (χ4v) is 3.03. The lowest BCUT2D eigenvalue weighted by Crippen LogP contribution is -2.35. The van der Waals surface area contributed by atoms with Gasteiger partial charge in [0.1, 0.15) is 5.75 Å². The van der Waals surface area contributed by atoms with E-state index >= 15 is 0 Å². The Morgan fingerprint density at radius 3 is 2.76 bits per heavy atom. The highest BCUT2D eigenvalue weighted by Gasteiger charge is 2.11. The third-order valence-electron chi connectivity index (χ3n) is 2.90. The van der Waals surface area contributed by atoms with Gasteiger partial charge in [-0.15, -0.1) is 11.3 Å². The highest BCUT2D eigenvalue weighted by atomic mass is 32.2. The van der Waals surface area contributed by atoms with Crippen molar-refractivity contribution in [3.05, 3.63) is 71.1 Å². The Morgan fingerprint density at radius 1 is 1.08 bits per heavy atom. The molecule has 1 aromatic carbocycles. The average Bonchev–Trinajstić information content (AvgIpc) is 3.16. The van der Waals surface area contributed by atoms with Crippen molar-refractivity contribution in [3.8, 4) is 11.6 Å². The van der Waals surface area contributed by atoms with Crippen LogP contribution in [0.5, 0.6) is 11.6 Å². The van der Waals surface area contributed by atoms with E-state index in [0.29, 0.717) is 16.5 Å². The fourth-order valence-electron chi connectivity index (χ4n) is 1.83. The molecule has 6 nitrogen and oxygen atoms in total. The molecule has 0 aliphatic heterocycles. The van der Waals surface area contributed by atoms with Gasteiger partial charge in [-0.05, 0) is 47.7 Å². The van der Waals surface area contributed by atoms with E-state index in [1.165, 1.54) is 11.3 Å². The van der Waals surface area contributed by atoms with Crippen molar-refractivity contribution in [2.75, 3.05) is 0 Å². The molecule has 2 heterocycles. The van der Waals surface area contributed by atoms with Gasteiger partial charge in [0, 0.05) is 17.2 Å². The quantitative estimate of drug-likeness (QED) is 0.661. The highest BCUT2D eigenvalue weighted by Crippen LogP contribution is 2.24. The summed E-state index contributed by atoms with van der Waals surface area (Å²) in [7, 11) is 0. The molecule has 0 aliphatic carbocycles. The lowest BCUT2D eigenvalue weighted by Gasteiger charge is -2.07. The molecule has 0 bridgehead atoms. The maximum Gasteiger partial charge on any atom is 0.331 e. The number of thiophene rings is 1. The van der Waals surface area contributed by atoms with Crippen LogP contribution in [0.2, 0.25) is 0 Å².